The van der Waals surface area contributed by atoms with E-state index in [-0.39, 0.29) is 5.91 Å². The lowest BCUT2D eigenvalue weighted by Gasteiger charge is -2.24. The Hall–Kier alpha value is -1.98. The zero-order chi connectivity index (χ0) is 22.1. The van der Waals surface area contributed by atoms with Crippen molar-refractivity contribution in [1.29, 1.82) is 0 Å². The van der Waals surface area contributed by atoms with Crippen molar-refractivity contribution in [2.45, 2.75) is 58.0 Å². The van der Waals surface area contributed by atoms with Crippen LogP contribution >= 0.6 is 22.7 Å². The molecule has 11 heteroatoms. The van der Waals surface area contributed by atoms with Gasteiger partial charge in [0, 0.05) is 46.7 Å². The van der Waals surface area contributed by atoms with Crippen LogP contribution in [0.1, 0.15) is 33.3 Å². The van der Waals surface area contributed by atoms with E-state index in [1.807, 2.05) is 18.3 Å². The summed E-state index contributed by atoms with van der Waals surface area (Å²) in [7, 11) is 0. The Kier molecular flexibility index (Phi) is 6.83. The van der Waals surface area contributed by atoms with Gasteiger partial charge in [-0.05, 0) is 32.4 Å². The number of aliphatic carboxylic acids is 1. The van der Waals surface area contributed by atoms with Crippen LogP contribution in [-0.4, -0.2) is 56.6 Å². The van der Waals surface area contributed by atoms with Crippen LogP contribution in [0.15, 0.2) is 17.5 Å². The Balaban J connectivity index is 0.000000318. The van der Waals surface area contributed by atoms with E-state index >= 15 is 0 Å². The molecule has 4 heterocycles. The number of fused-ring (bicyclic) bond motifs is 1. The number of halogens is 3. The molecule has 2 aromatic rings. The molecule has 0 unspecified atom stereocenters. The highest BCUT2D eigenvalue weighted by molar-refractivity contribution is 7.11. The average Bonchev–Trinajstić information content (AvgIpc) is 3.39. The van der Waals surface area contributed by atoms with Crippen LogP contribution < -0.4 is 0 Å². The number of carbonyl (C=O) groups is 2. The van der Waals surface area contributed by atoms with Gasteiger partial charge >= 0.3 is 12.1 Å². The second-order valence-corrected chi connectivity index (χ2v) is 9.73. The average molecular weight is 462 g/mol. The first-order valence-electron chi connectivity index (χ1n) is 9.34. The Morgan fingerprint density at radius 2 is 1.97 bits per heavy atom. The number of carboxylic acid groups (broad SMARTS) is 1. The van der Waals surface area contributed by atoms with Gasteiger partial charge in [0.1, 0.15) is 0 Å². The van der Waals surface area contributed by atoms with E-state index in [4.69, 9.17) is 9.90 Å². The number of alkyl halides is 3. The highest BCUT2D eigenvalue weighted by atomic mass is 32.1. The molecule has 0 radical (unpaired) electrons. The summed E-state index contributed by atoms with van der Waals surface area (Å²) in [5, 5.41) is 10.3. The van der Waals surface area contributed by atoms with Crippen LogP contribution in [0.3, 0.4) is 0 Å². The maximum Gasteiger partial charge on any atom is 0.490 e. The molecule has 0 spiro atoms. The van der Waals surface area contributed by atoms with E-state index in [2.05, 4.69) is 39.2 Å². The number of thiophene rings is 1. The molecule has 1 N–H and O–H groups in total. The van der Waals surface area contributed by atoms with Gasteiger partial charge in [-0.2, -0.15) is 13.2 Å². The first kappa shape index (κ1) is 22.7. The third-order valence-electron chi connectivity index (χ3n) is 5.13. The first-order chi connectivity index (χ1) is 14.0. The number of rotatable bonds is 4. The molecule has 0 aliphatic carbocycles. The summed E-state index contributed by atoms with van der Waals surface area (Å²) < 4.78 is 31.7. The SMILES string of the molecule is Cc1ccc(CN2CC[C@H]3[C@H]2CC(=O)N3Cc2csc(C)n2)s1.O=C(O)C(F)(F)F. The van der Waals surface area contributed by atoms with E-state index in [1.165, 1.54) is 9.75 Å². The van der Waals surface area contributed by atoms with Crippen molar-refractivity contribution in [2.24, 2.45) is 0 Å². The second kappa shape index (κ2) is 9.03. The van der Waals surface area contributed by atoms with Gasteiger partial charge in [0.25, 0.3) is 0 Å². The predicted molar refractivity (Wildman–Crippen MR) is 107 cm³/mol. The number of carbonyl (C=O) groups excluding carboxylic acids is 1. The third-order valence-corrected chi connectivity index (χ3v) is 6.93. The number of aromatic nitrogens is 1. The minimum absolute atomic E-state index is 0.290. The molecule has 2 aromatic heterocycles. The van der Waals surface area contributed by atoms with Gasteiger partial charge in [0.2, 0.25) is 5.91 Å². The normalized spacial score (nSPS) is 21.5. The van der Waals surface area contributed by atoms with Crippen molar-refractivity contribution in [3.8, 4) is 0 Å². The minimum atomic E-state index is -5.08. The van der Waals surface area contributed by atoms with Gasteiger partial charge in [-0.3, -0.25) is 9.69 Å². The smallest absolute Gasteiger partial charge is 0.475 e. The molecule has 164 valence electrons. The highest BCUT2D eigenvalue weighted by Crippen LogP contribution is 2.35. The van der Waals surface area contributed by atoms with E-state index < -0.39 is 12.1 Å². The van der Waals surface area contributed by atoms with Crippen molar-refractivity contribution in [2.75, 3.05) is 6.54 Å². The van der Waals surface area contributed by atoms with Gasteiger partial charge in [0.05, 0.1) is 17.2 Å². The summed E-state index contributed by atoms with van der Waals surface area (Å²) in [6.07, 6.45) is -3.33. The summed E-state index contributed by atoms with van der Waals surface area (Å²) in [5.74, 6) is -2.47. The van der Waals surface area contributed by atoms with Crippen molar-refractivity contribution in [3.05, 3.63) is 38.0 Å². The number of hydrogen-bond acceptors (Lipinski definition) is 6. The molecular weight excluding hydrogens is 439 g/mol. The Morgan fingerprint density at radius 3 is 2.50 bits per heavy atom. The zero-order valence-corrected chi connectivity index (χ0v) is 18.1. The fourth-order valence-electron chi connectivity index (χ4n) is 3.84. The number of carboxylic acids is 1. The third kappa shape index (κ3) is 5.38. The molecule has 0 saturated carbocycles. The molecule has 6 nitrogen and oxygen atoms in total. The molecule has 2 fully saturated rings. The number of thiazole rings is 1. The van der Waals surface area contributed by atoms with Gasteiger partial charge < -0.3 is 10.0 Å². The Labute approximate surface area is 179 Å². The molecular formula is C19H22F3N3O3S2. The van der Waals surface area contributed by atoms with E-state index in [0.29, 0.717) is 25.0 Å². The summed E-state index contributed by atoms with van der Waals surface area (Å²) in [6, 6.07) is 5.15. The summed E-state index contributed by atoms with van der Waals surface area (Å²) in [4.78, 5) is 33.2. The van der Waals surface area contributed by atoms with Crippen LogP contribution in [0.5, 0.6) is 0 Å². The molecule has 0 bridgehead atoms. The van der Waals surface area contributed by atoms with Crippen molar-refractivity contribution >= 4 is 34.6 Å². The molecule has 2 aliphatic heterocycles. The Morgan fingerprint density at radius 1 is 1.27 bits per heavy atom. The lowest BCUT2D eigenvalue weighted by atomic mass is 10.1. The van der Waals surface area contributed by atoms with E-state index in [0.717, 1.165) is 30.2 Å². The summed E-state index contributed by atoms with van der Waals surface area (Å²) >= 11 is 3.53. The topological polar surface area (TPSA) is 73.7 Å². The second-order valence-electron chi connectivity index (χ2n) is 7.29. The number of likely N-dealkylation sites (tertiary alicyclic amines) is 2. The highest BCUT2D eigenvalue weighted by Gasteiger charge is 2.46. The zero-order valence-electron chi connectivity index (χ0n) is 16.5. The van der Waals surface area contributed by atoms with Gasteiger partial charge in [0.15, 0.2) is 0 Å². The van der Waals surface area contributed by atoms with Crippen molar-refractivity contribution in [1.82, 2.24) is 14.8 Å². The molecule has 2 saturated heterocycles. The van der Waals surface area contributed by atoms with Crippen molar-refractivity contribution in [3.63, 3.8) is 0 Å². The van der Waals surface area contributed by atoms with E-state index in [9.17, 15) is 18.0 Å². The first-order valence-corrected chi connectivity index (χ1v) is 11.0. The molecule has 4 rings (SSSR count). The number of nitrogens with zero attached hydrogens (tertiary/aromatic N) is 3. The fraction of sp³-hybridized carbons (Fsp3) is 0.526. The fourth-order valence-corrected chi connectivity index (χ4v) is 5.36. The van der Waals surface area contributed by atoms with Crippen LogP contribution in [0, 0.1) is 13.8 Å². The molecule has 30 heavy (non-hydrogen) atoms. The molecule has 2 atom stereocenters. The maximum atomic E-state index is 12.5. The lowest BCUT2D eigenvalue weighted by molar-refractivity contribution is -0.192. The minimum Gasteiger partial charge on any atom is -0.475 e. The van der Waals surface area contributed by atoms with Gasteiger partial charge in [-0.15, -0.1) is 22.7 Å². The van der Waals surface area contributed by atoms with Crippen LogP contribution in [0.4, 0.5) is 13.2 Å². The monoisotopic (exact) mass is 461 g/mol. The lowest BCUT2D eigenvalue weighted by Crippen LogP contribution is -2.36. The van der Waals surface area contributed by atoms with Crippen LogP contribution in [0.2, 0.25) is 0 Å². The van der Waals surface area contributed by atoms with Gasteiger partial charge in [-0.25, -0.2) is 9.78 Å². The van der Waals surface area contributed by atoms with E-state index in [1.54, 1.807) is 11.3 Å². The quantitative estimate of drug-likeness (QED) is 0.749. The molecule has 0 aromatic carbocycles. The number of aryl methyl sites for hydroxylation is 2. The number of hydrogen-bond donors (Lipinski definition) is 1. The van der Waals surface area contributed by atoms with Crippen LogP contribution in [-0.2, 0) is 22.7 Å². The predicted octanol–water partition coefficient (Wildman–Crippen LogP) is 3.83. The van der Waals surface area contributed by atoms with Gasteiger partial charge in [-0.1, -0.05) is 0 Å². The largest absolute Gasteiger partial charge is 0.490 e. The van der Waals surface area contributed by atoms with Crippen LogP contribution in [0.25, 0.3) is 0 Å². The molecule has 1 amide bonds. The number of amides is 1. The standard InChI is InChI=1S/C17H21N3OS2.C2HF3O2/c1-11-3-4-14(23-11)9-19-6-5-15-16(19)7-17(21)20(15)8-13-10-22-12(2)18-13;3-2(4,5)1(6)7/h3-4,10,15-16H,5-9H2,1-2H3;(H,6,7)/t15-,16+;/m0./s1. The Bertz CT molecular complexity index is 912. The summed E-state index contributed by atoms with van der Waals surface area (Å²) in [5.41, 5.74) is 1.04. The maximum absolute atomic E-state index is 12.5. The van der Waals surface area contributed by atoms with Crippen molar-refractivity contribution < 1.29 is 27.9 Å². The summed E-state index contributed by atoms with van der Waals surface area (Å²) in [6.45, 7) is 6.92. The molecule has 2 aliphatic rings.